The molecule has 3 aromatic rings. The van der Waals surface area contributed by atoms with Crippen molar-refractivity contribution in [2.45, 2.75) is 0 Å². The van der Waals surface area contributed by atoms with Crippen LogP contribution in [0.1, 0.15) is 0 Å². The summed E-state index contributed by atoms with van der Waals surface area (Å²) in [5.74, 6) is 0.814. The predicted octanol–water partition coefficient (Wildman–Crippen LogP) is 4.70. The number of aromatic nitrogens is 1. The van der Waals surface area contributed by atoms with Gasteiger partial charge in [-0.25, -0.2) is 4.98 Å². The van der Waals surface area contributed by atoms with Crippen molar-refractivity contribution in [2.24, 2.45) is 0 Å². The van der Waals surface area contributed by atoms with E-state index in [0.29, 0.717) is 0 Å². The van der Waals surface area contributed by atoms with Crippen molar-refractivity contribution in [3.63, 3.8) is 0 Å². The summed E-state index contributed by atoms with van der Waals surface area (Å²) in [4.78, 5) is 4.51. The molecular weight excluding hydrogens is 280 g/mol. The van der Waals surface area contributed by atoms with Gasteiger partial charge in [-0.2, -0.15) is 0 Å². The maximum absolute atomic E-state index is 5.97. The van der Waals surface area contributed by atoms with Crippen LogP contribution >= 0.6 is 22.9 Å². The minimum atomic E-state index is 0.726. The van der Waals surface area contributed by atoms with Crippen LogP contribution in [0.4, 0.5) is 10.8 Å². The standard InChI is InChI=1S/C14H11ClN2OS/c1-18-11-4-2-3-10(8-11)16-14-17-12-6-5-9(15)7-13(12)19-14/h2-8H,1H3,(H,16,17). The summed E-state index contributed by atoms with van der Waals surface area (Å²) in [6.45, 7) is 0. The second-order valence-corrected chi connectivity index (χ2v) is 5.46. The van der Waals surface area contributed by atoms with Crippen LogP contribution in [0.2, 0.25) is 5.02 Å². The van der Waals surface area contributed by atoms with Gasteiger partial charge in [0.2, 0.25) is 0 Å². The first-order chi connectivity index (χ1) is 9.24. The quantitative estimate of drug-likeness (QED) is 0.759. The van der Waals surface area contributed by atoms with Gasteiger partial charge >= 0.3 is 0 Å². The molecule has 0 saturated heterocycles. The maximum Gasteiger partial charge on any atom is 0.188 e. The number of nitrogens with zero attached hydrogens (tertiary/aromatic N) is 1. The van der Waals surface area contributed by atoms with Crippen LogP contribution in [0.25, 0.3) is 10.2 Å². The second-order valence-electron chi connectivity index (χ2n) is 3.99. The Labute approximate surface area is 119 Å². The molecule has 0 unspecified atom stereocenters. The van der Waals surface area contributed by atoms with Crippen LogP contribution in [0.5, 0.6) is 5.75 Å². The Morgan fingerprint density at radius 2 is 2.11 bits per heavy atom. The number of rotatable bonds is 3. The summed E-state index contributed by atoms with van der Waals surface area (Å²) in [5.41, 5.74) is 1.89. The zero-order chi connectivity index (χ0) is 13.2. The first-order valence-electron chi connectivity index (χ1n) is 5.72. The van der Waals surface area contributed by atoms with E-state index >= 15 is 0 Å². The molecule has 0 bridgehead atoms. The molecule has 96 valence electrons. The molecule has 0 atom stereocenters. The van der Waals surface area contributed by atoms with Crippen molar-refractivity contribution in [3.05, 3.63) is 47.5 Å². The minimum absolute atomic E-state index is 0.726. The highest BCUT2D eigenvalue weighted by Crippen LogP contribution is 2.30. The van der Waals surface area contributed by atoms with Crippen molar-refractivity contribution < 1.29 is 4.74 Å². The number of nitrogens with one attached hydrogen (secondary N) is 1. The smallest absolute Gasteiger partial charge is 0.188 e. The van der Waals surface area contributed by atoms with Crippen molar-refractivity contribution in [1.29, 1.82) is 0 Å². The van der Waals surface area contributed by atoms with Gasteiger partial charge in [0.05, 0.1) is 17.3 Å². The molecule has 5 heteroatoms. The van der Waals surface area contributed by atoms with Crippen LogP contribution < -0.4 is 10.1 Å². The molecule has 0 amide bonds. The lowest BCUT2D eigenvalue weighted by molar-refractivity contribution is 0.415. The van der Waals surface area contributed by atoms with Crippen molar-refractivity contribution in [1.82, 2.24) is 4.98 Å². The lowest BCUT2D eigenvalue weighted by Gasteiger charge is -2.04. The van der Waals surface area contributed by atoms with Crippen LogP contribution in [0.3, 0.4) is 0 Å². The highest BCUT2D eigenvalue weighted by atomic mass is 35.5. The van der Waals surface area contributed by atoms with E-state index in [-0.39, 0.29) is 0 Å². The fourth-order valence-electron chi connectivity index (χ4n) is 1.78. The molecule has 1 heterocycles. The Morgan fingerprint density at radius 1 is 1.21 bits per heavy atom. The monoisotopic (exact) mass is 290 g/mol. The predicted molar refractivity (Wildman–Crippen MR) is 80.9 cm³/mol. The first kappa shape index (κ1) is 12.3. The molecule has 1 N–H and O–H groups in total. The molecule has 1 aromatic heterocycles. The Morgan fingerprint density at radius 3 is 2.95 bits per heavy atom. The molecule has 3 nitrogen and oxygen atoms in total. The summed E-state index contributed by atoms with van der Waals surface area (Å²) in [6, 6.07) is 13.4. The number of hydrogen-bond donors (Lipinski definition) is 1. The van der Waals surface area contributed by atoms with E-state index in [4.69, 9.17) is 16.3 Å². The summed E-state index contributed by atoms with van der Waals surface area (Å²) in [7, 11) is 1.65. The molecule has 19 heavy (non-hydrogen) atoms. The third-order valence-corrected chi connectivity index (χ3v) is 3.84. The van der Waals surface area contributed by atoms with Gasteiger partial charge in [-0.05, 0) is 30.3 Å². The van der Waals surface area contributed by atoms with Gasteiger partial charge in [0, 0.05) is 16.8 Å². The normalized spacial score (nSPS) is 10.6. The van der Waals surface area contributed by atoms with Gasteiger partial charge in [-0.1, -0.05) is 29.0 Å². The Balaban J connectivity index is 1.92. The third kappa shape index (κ3) is 2.64. The average Bonchev–Trinajstić information content (AvgIpc) is 2.80. The number of thiazole rings is 1. The first-order valence-corrected chi connectivity index (χ1v) is 6.91. The fourth-order valence-corrected chi connectivity index (χ4v) is 2.94. The van der Waals surface area contributed by atoms with Crippen LogP contribution in [-0.4, -0.2) is 12.1 Å². The minimum Gasteiger partial charge on any atom is -0.497 e. The van der Waals surface area contributed by atoms with Crippen LogP contribution in [0.15, 0.2) is 42.5 Å². The zero-order valence-electron chi connectivity index (χ0n) is 10.2. The van der Waals surface area contributed by atoms with E-state index in [1.165, 1.54) is 0 Å². The molecule has 0 radical (unpaired) electrons. The van der Waals surface area contributed by atoms with Gasteiger partial charge in [-0.15, -0.1) is 0 Å². The summed E-state index contributed by atoms with van der Waals surface area (Å²) >= 11 is 7.54. The van der Waals surface area contributed by atoms with E-state index < -0.39 is 0 Å². The SMILES string of the molecule is COc1cccc(Nc2nc3ccc(Cl)cc3s2)c1. The number of ether oxygens (including phenoxy) is 1. The van der Waals surface area contributed by atoms with E-state index in [9.17, 15) is 0 Å². The second kappa shape index (κ2) is 5.07. The van der Waals surface area contributed by atoms with E-state index in [1.807, 2.05) is 42.5 Å². The molecule has 0 aliphatic rings. The lowest BCUT2D eigenvalue weighted by Crippen LogP contribution is -1.90. The summed E-state index contributed by atoms with van der Waals surface area (Å²) < 4.78 is 6.26. The van der Waals surface area contributed by atoms with Gasteiger partial charge in [0.15, 0.2) is 5.13 Å². The van der Waals surface area contributed by atoms with Gasteiger partial charge in [0.25, 0.3) is 0 Å². The van der Waals surface area contributed by atoms with Crippen LogP contribution in [0, 0.1) is 0 Å². The molecule has 0 aliphatic carbocycles. The number of halogens is 1. The van der Waals surface area contributed by atoms with E-state index in [1.54, 1.807) is 18.4 Å². The Kier molecular flexibility index (Phi) is 3.27. The van der Waals surface area contributed by atoms with Crippen LogP contribution in [-0.2, 0) is 0 Å². The number of fused-ring (bicyclic) bond motifs is 1. The number of hydrogen-bond acceptors (Lipinski definition) is 4. The number of benzene rings is 2. The zero-order valence-corrected chi connectivity index (χ0v) is 11.8. The maximum atomic E-state index is 5.97. The molecular formula is C14H11ClN2OS. The van der Waals surface area contributed by atoms with E-state index in [0.717, 1.165) is 31.8 Å². The molecule has 3 rings (SSSR count). The average molecular weight is 291 g/mol. The number of methoxy groups -OCH3 is 1. The largest absolute Gasteiger partial charge is 0.497 e. The number of anilines is 2. The molecule has 0 spiro atoms. The molecule has 0 aliphatic heterocycles. The molecule has 0 saturated carbocycles. The highest BCUT2D eigenvalue weighted by Gasteiger charge is 2.05. The molecule has 0 fully saturated rings. The fraction of sp³-hybridized carbons (Fsp3) is 0.0714. The van der Waals surface area contributed by atoms with Gasteiger partial charge in [0.1, 0.15) is 5.75 Å². The van der Waals surface area contributed by atoms with Crippen molar-refractivity contribution in [3.8, 4) is 5.75 Å². The Bertz CT molecular complexity index is 726. The highest BCUT2D eigenvalue weighted by molar-refractivity contribution is 7.22. The summed E-state index contributed by atoms with van der Waals surface area (Å²) in [6.07, 6.45) is 0. The summed E-state index contributed by atoms with van der Waals surface area (Å²) in [5, 5.41) is 4.84. The van der Waals surface area contributed by atoms with Crippen molar-refractivity contribution >= 4 is 44.0 Å². The lowest BCUT2D eigenvalue weighted by atomic mass is 10.3. The third-order valence-electron chi connectivity index (χ3n) is 2.67. The molecule has 2 aromatic carbocycles. The van der Waals surface area contributed by atoms with Crippen molar-refractivity contribution in [2.75, 3.05) is 12.4 Å². The van der Waals surface area contributed by atoms with Gasteiger partial charge < -0.3 is 10.1 Å². The van der Waals surface area contributed by atoms with E-state index in [2.05, 4.69) is 10.3 Å². The van der Waals surface area contributed by atoms with Gasteiger partial charge in [-0.3, -0.25) is 0 Å². The topological polar surface area (TPSA) is 34.1 Å². The Hall–Kier alpha value is -1.78.